The third-order valence-electron chi connectivity index (χ3n) is 5.08. The zero-order chi connectivity index (χ0) is 13.4. The van der Waals surface area contributed by atoms with Crippen LogP contribution >= 0.6 is 0 Å². The van der Waals surface area contributed by atoms with Crippen LogP contribution in [0.15, 0.2) is 0 Å². The molecule has 1 amide bonds. The molecule has 0 radical (unpaired) electrons. The largest absolute Gasteiger partial charge is 0.325 e. The van der Waals surface area contributed by atoms with Gasteiger partial charge in [0.25, 0.3) is 0 Å². The van der Waals surface area contributed by atoms with Gasteiger partial charge in [0.05, 0.1) is 11.7 Å². The molecule has 18 heavy (non-hydrogen) atoms. The van der Waals surface area contributed by atoms with Gasteiger partial charge in [-0.15, -0.1) is 0 Å². The molecular formula is C15H28N2O. The molecule has 2 atom stereocenters. The van der Waals surface area contributed by atoms with Gasteiger partial charge in [0.1, 0.15) is 0 Å². The number of carbonyl (C=O) groups is 1. The van der Waals surface area contributed by atoms with Crippen LogP contribution in [0.3, 0.4) is 0 Å². The molecular weight excluding hydrogens is 224 g/mol. The van der Waals surface area contributed by atoms with Gasteiger partial charge in [-0.2, -0.15) is 0 Å². The molecule has 2 fully saturated rings. The van der Waals surface area contributed by atoms with Gasteiger partial charge in [0, 0.05) is 6.54 Å². The van der Waals surface area contributed by atoms with Crippen LogP contribution in [0.1, 0.15) is 66.2 Å². The van der Waals surface area contributed by atoms with Gasteiger partial charge in [-0.1, -0.05) is 27.2 Å². The Hall–Kier alpha value is -0.570. The summed E-state index contributed by atoms with van der Waals surface area (Å²) < 4.78 is 0. The minimum atomic E-state index is -0.330. The fourth-order valence-corrected chi connectivity index (χ4v) is 3.06. The summed E-state index contributed by atoms with van der Waals surface area (Å²) >= 11 is 0. The molecule has 2 unspecified atom stereocenters. The van der Waals surface area contributed by atoms with Crippen molar-refractivity contribution in [1.29, 1.82) is 0 Å². The number of hydrogen-bond donors (Lipinski definition) is 1. The van der Waals surface area contributed by atoms with Crippen molar-refractivity contribution in [3.05, 3.63) is 0 Å². The Balaban J connectivity index is 2.12. The van der Waals surface area contributed by atoms with Gasteiger partial charge in [0.15, 0.2) is 0 Å². The maximum Gasteiger partial charge on any atom is 0.243 e. The SMILES string of the molecule is CCCC1NC(C)(CC)C(=O)N1CC1(CC)CC1. The predicted octanol–water partition coefficient (Wildman–Crippen LogP) is 2.90. The minimum absolute atomic E-state index is 0.261. The van der Waals surface area contributed by atoms with E-state index in [9.17, 15) is 4.79 Å². The third-order valence-corrected chi connectivity index (χ3v) is 5.08. The van der Waals surface area contributed by atoms with Crippen molar-refractivity contribution in [2.45, 2.75) is 77.9 Å². The highest BCUT2D eigenvalue weighted by molar-refractivity contribution is 5.88. The van der Waals surface area contributed by atoms with Crippen molar-refractivity contribution in [1.82, 2.24) is 10.2 Å². The first-order valence-electron chi connectivity index (χ1n) is 7.59. The number of rotatable bonds is 6. The van der Waals surface area contributed by atoms with E-state index < -0.39 is 0 Å². The molecule has 2 aliphatic rings. The summed E-state index contributed by atoms with van der Waals surface area (Å²) in [6.45, 7) is 9.58. The van der Waals surface area contributed by atoms with Crippen LogP contribution in [0.25, 0.3) is 0 Å². The lowest BCUT2D eigenvalue weighted by Gasteiger charge is -2.28. The topological polar surface area (TPSA) is 32.3 Å². The van der Waals surface area contributed by atoms with Crippen molar-refractivity contribution in [3.63, 3.8) is 0 Å². The maximum atomic E-state index is 12.6. The summed E-state index contributed by atoms with van der Waals surface area (Å²) in [5, 5.41) is 3.57. The fourth-order valence-electron chi connectivity index (χ4n) is 3.06. The van der Waals surface area contributed by atoms with Gasteiger partial charge in [-0.25, -0.2) is 0 Å². The molecule has 0 aromatic carbocycles. The van der Waals surface area contributed by atoms with Gasteiger partial charge >= 0.3 is 0 Å². The van der Waals surface area contributed by atoms with Gasteiger partial charge in [-0.3, -0.25) is 10.1 Å². The second kappa shape index (κ2) is 4.84. The van der Waals surface area contributed by atoms with Gasteiger partial charge < -0.3 is 4.90 Å². The standard InChI is InChI=1S/C15H28N2O/c1-5-8-12-16-14(4,6-2)13(18)17(12)11-15(7-3)9-10-15/h12,16H,5-11H2,1-4H3. The van der Waals surface area contributed by atoms with E-state index in [2.05, 4.69) is 37.9 Å². The molecule has 1 saturated heterocycles. The molecule has 1 N–H and O–H groups in total. The van der Waals surface area contributed by atoms with Crippen molar-refractivity contribution in [2.75, 3.05) is 6.54 Å². The second-order valence-electron chi connectivity index (χ2n) is 6.42. The summed E-state index contributed by atoms with van der Waals surface area (Å²) in [5.74, 6) is 0.322. The van der Waals surface area contributed by atoms with Crippen LogP contribution in [0, 0.1) is 5.41 Å². The Labute approximate surface area is 111 Å². The number of carbonyl (C=O) groups excluding carboxylic acids is 1. The van der Waals surface area contributed by atoms with E-state index in [0.717, 1.165) is 25.8 Å². The Kier molecular flexibility index (Phi) is 3.72. The number of hydrogen-bond acceptors (Lipinski definition) is 2. The van der Waals surface area contributed by atoms with Crippen LogP contribution in [0.2, 0.25) is 0 Å². The lowest BCUT2D eigenvalue weighted by Crippen LogP contribution is -2.43. The highest BCUT2D eigenvalue weighted by Gasteiger charge is 2.51. The zero-order valence-corrected chi connectivity index (χ0v) is 12.4. The fraction of sp³-hybridized carbons (Fsp3) is 0.933. The maximum absolute atomic E-state index is 12.6. The highest BCUT2D eigenvalue weighted by Crippen LogP contribution is 2.50. The van der Waals surface area contributed by atoms with Crippen molar-refractivity contribution in [3.8, 4) is 0 Å². The summed E-state index contributed by atoms with van der Waals surface area (Å²) in [5.41, 5.74) is 0.117. The molecule has 0 aromatic heterocycles. The van der Waals surface area contributed by atoms with Crippen LogP contribution in [0.5, 0.6) is 0 Å². The minimum Gasteiger partial charge on any atom is -0.325 e. The molecule has 0 bridgehead atoms. The molecule has 3 nitrogen and oxygen atoms in total. The third kappa shape index (κ3) is 2.29. The highest BCUT2D eigenvalue weighted by atomic mass is 16.2. The molecule has 104 valence electrons. The van der Waals surface area contributed by atoms with Crippen LogP contribution in [0.4, 0.5) is 0 Å². The Morgan fingerprint density at radius 2 is 1.94 bits per heavy atom. The van der Waals surface area contributed by atoms with E-state index in [4.69, 9.17) is 0 Å². The average molecular weight is 252 g/mol. The van der Waals surface area contributed by atoms with Crippen LogP contribution in [-0.2, 0) is 4.79 Å². The van der Waals surface area contributed by atoms with E-state index in [0.29, 0.717) is 11.3 Å². The summed E-state index contributed by atoms with van der Waals surface area (Å²) in [7, 11) is 0. The molecule has 1 saturated carbocycles. The van der Waals surface area contributed by atoms with E-state index in [1.807, 2.05) is 0 Å². The number of nitrogens with one attached hydrogen (secondary N) is 1. The number of nitrogens with zero attached hydrogens (tertiary/aromatic N) is 1. The van der Waals surface area contributed by atoms with Crippen molar-refractivity contribution < 1.29 is 4.79 Å². The number of amides is 1. The van der Waals surface area contributed by atoms with E-state index in [1.165, 1.54) is 19.3 Å². The molecule has 3 heteroatoms. The molecule has 0 spiro atoms. The quantitative estimate of drug-likeness (QED) is 0.788. The van der Waals surface area contributed by atoms with Gasteiger partial charge in [0.2, 0.25) is 5.91 Å². The molecule has 2 rings (SSSR count). The van der Waals surface area contributed by atoms with Crippen LogP contribution in [-0.4, -0.2) is 29.1 Å². The smallest absolute Gasteiger partial charge is 0.243 e. The summed E-state index contributed by atoms with van der Waals surface area (Å²) in [6, 6.07) is 0. The summed E-state index contributed by atoms with van der Waals surface area (Å²) in [6.07, 6.45) is 7.14. The normalized spacial score (nSPS) is 34.1. The van der Waals surface area contributed by atoms with Crippen molar-refractivity contribution in [2.24, 2.45) is 5.41 Å². The van der Waals surface area contributed by atoms with Crippen LogP contribution < -0.4 is 5.32 Å². The molecule has 0 aromatic rings. The average Bonchev–Trinajstić information content (AvgIpc) is 3.10. The Morgan fingerprint density at radius 1 is 1.28 bits per heavy atom. The van der Waals surface area contributed by atoms with Gasteiger partial charge in [-0.05, 0) is 44.4 Å². The molecule has 1 aliphatic heterocycles. The second-order valence-corrected chi connectivity index (χ2v) is 6.42. The lowest BCUT2D eigenvalue weighted by atomic mass is 9.98. The van der Waals surface area contributed by atoms with Crippen molar-refractivity contribution >= 4 is 5.91 Å². The Morgan fingerprint density at radius 3 is 2.39 bits per heavy atom. The molecule has 1 aliphatic carbocycles. The Bertz CT molecular complexity index is 324. The lowest BCUT2D eigenvalue weighted by molar-refractivity contribution is -0.133. The van der Waals surface area contributed by atoms with E-state index >= 15 is 0 Å². The first kappa shape index (κ1) is 13.9. The monoisotopic (exact) mass is 252 g/mol. The molecule has 1 heterocycles. The zero-order valence-electron chi connectivity index (χ0n) is 12.4. The van der Waals surface area contributed by atoms with E-state index in [-0.39, 0.29) is 11.7 Å². The summed E-state index contributed by atoms with van der Waals surface area (Å²) in [4.78, 5) is 14.8. The van der Waals surface area contributed by atoms with E-state index in [1.54, 1.807) is 0 Å². The first-order chi connectivity index (χ1) is 8.50. The first-order valence-corrected chi connectivity index (χ1v) is 7.59. The predicted molar refractivity (Wildman–Crippen MR) is 74.2 cm³/mol.